The molecule has 0 unspecified atom stereocenters. The topological polar surface area (TPSA) is 67.8 Å². The van der Waals surface area contributed by atoms with Crippen LogP contribution in [0, 0.1) is 0 Å². The Labute approximate surface area is 256 Å². The molecule has 0 atom stereocenters. The van der Waals surface area contributed by atoms with Crippen LogP contribution in [-0.4, -0.2) is 73.3 Å². The van der Waals surface area contributed by atoms with Crippen LogP contribution in [0.15, 0.2) is 84.9 Å². The first kappa shape index (κ1) is 30.6. The van der Waals surface area contributed by atoms with E-state index < -0.39 is 5.60 Å². The lowest BCUT2D eigenvalue weighted by Crippen LogP contribution is -2.47. The number of carbonyl (C=O) groups is 1. The molecule has 3 aromatic carbocycles. The van der Waals surface area contributed by atoms with Gasteiger partial charge in [0.05, 0.1) is 5.60 Å². The zero-order valence-corrected chi connectivity index (χ0v) is 25.4. The average Bonchev–Trinajstić information content (AvgIpc) is 3.55. The first-order valence-corrected chi connectivity index (χ1v) is 15.9. The maximum atomic E-state index is 13.0. The van der Waals surface area contributed by atoms with Gasteiger partial charge in [0.2, 0.25) is 0 Å². The summed E-state index contributed by atoms with van der Waals surface area (Å²) in [6, 6.07) is 28.7. The molecule has 2 fully saturated rings. The lowest BCUT2D eigenvalue weighted by molar-refractivity contribution is -0.0262. The van der Waals surface area contributed by atoms with Crippen molar-refractivity contribution in [1.29, 1.82) is 0 Å². The molecule has 3 N–H and O–H groups in total. The second kappa shape index (κ2) is 14.5. The molecule has 0 saturated carbocycles. The van der Waals surface area contributed by atoms with Crippen LogP contribution in [0.2, 0.25) is 5.02 Å². The van der Waals surface area contributed by atoms with Crippen molar-refractivity contribution in [2.24, 2.45) is 0 Å². The molecule has 3 aromatic rings. The van der Waals surface area contributed by atoms with Gasteiger partial charge < -0.3 is 25.5 Å². The van der Waals surface area contributed by atoms with Gasteiger partial charge in [-0.1, -0.05) is 84.4 Å². The Morgan fingerprint density at radius 1 is 0.786 bits per heavy atom. The summed E-state index contributed by atoms with van der Waals surface area (Å²) in [5.74, 6) is 0. The van der Waals surface area contributed by atoms with Gasteiger partial charge in [-0.2, -0.15) is 0 Å². The van der Waals surface area contributed by atoms with Crippen molar-refractivity contribution >= 4 is 17.6 Å². The van der Waals surface area contributed by atoms with Crippen molar-refractivity contribution in [2.45, 2.75) is 49.5 Å². The van der Waals surface area contributed by atoms with Crippen LogP contribution in [-0.2, 0) is 11.0 Å². The number of nitrogens with one attached hydrogen (secondary N) is 2. The van der Waals surface area contributed by atoms with Crippen LogP contribution in [0.3, 0.4) is 0 Å². The van der Waals surface area contributed by atoms with E-state index in [1.54, 1.807) is 0 Å². The molecule has 224 valence electrons. The van der Waals surface area contributed by atoms with Crippen LogP contribution >= 0.6 is 11.6 Å². The Morgan fingerprint density at radius 3 is 1.95 bits per heavy atom. The van der Waals surface area contributed by atoms with E-state index in [-0.39, 0.29) is 11.4 Å². The molecule has 42 heavy (non-hydrogen) atoms. The summed E-state index contributed by atoms with van der Waals surface area (Å²) < 4.78 is 0. The number of aliphatic hydroxyl groups is 1. The number of hydrogen-bond donors (Lipinski definition) is 3. The summed E-state index contributed by atoms with van der Waals surface area (Å²) in [6.45, 7) is 6.98. The second-order valence-corrected chi connectivity index (χ2v) is 12.4. The van der Waals surface area contributed by atoms with E-state index in [1.807, 2.05) is 36.4 Å². The number of nitrogens with zero attached hydrogens (tertiary/aromatic N) is 2. The minimum Gasteiger partial charge on any atom is -0.385 e. The fourth-order valence-electron chi connectivity index (χ4n) is 6.69. The second-order valence-electron chi connectivity index (χ2n) is 12.0. The van der Waals surface area contributed by atoms with Crippen molar-refractivity contribution in [1.82, 2.24) is 20.4 Å². The number of amides is 2. The molecule has 6 nitrogen and oxygen atoms in total. The van der Waals surface area contributed by atoms with Gasteiger partial charge in [0.15, 0.2) is 0 Å². The van der Waals surface area contributed by atoms with Crippen molar-refractivity contribution in [3.8, 4) is 0 Å². The quantitative estimate of drug-likeness (QED) is 0.251. The van der Waals surface area contributed by atoms with E-state index in [0.29, 0.717) is 31.0 Å². The van der Waals surface area contributed by atoms with Gasteiger partial charge in [-0.3, -0.25) is 0 Å². The fraction of sp³-hybridized carbons (Fsp3) is 0.457. The highest BCUT2D eigenvalue weighted by molar-refractivity contribution is 6.30. The van der Waals surface area contributed by atoms with E-state index in [1.165, 1.54) is 24.0 Å². The monoisotopic (exact) mass is 588 g/mol. The van der Waals surface area contributed by atoms with E-state index in [4.69, 9.17) is 11.6 Å². The summed E-state index contributed by atoms with van der Waals surface area (Å²) in [5.41, 5.74) is 2.22. The molecule has 5 rings (SSSR count). The SMILES string of the molecule is O=C(NCCN1CCCC1)NCC(CCCN1CCC(O)(c2ccc(Cl)cc2)CC1)(c1ccccc1)c1ccccc1. The molecule has 2 aliphatic heterocycles. The molecule has 0 aromatic heterocycles. The third-order valence-corrected chi connectivity index (χ3v) is 9.51. The highest BCUT2D eigenvalue weighted by Gasteiger charge is 2.36. The molecule has 7 heteroatoms. The molecule has 0 spiro atoms. The van der Waals surface area contributed by atoms with Gasteiger partial charge in [-0.15, -0.1) is 0 Å². The maximum absolute atomic E-state index is 13.0. The number of piperidine rings is 1. The third-order valence-electron chi connectivity index (χ3n) is 9.26. The predicted octanol–water partition coefficient (Wildman–Crippen LogP) is 5.78. The third kappa shape index (κ3) is 7.73. The van der Waals surface area contributed by atoms with E-state index in [9.17, 15) is 9.90 Å². The molecule has 2 heterocycles. The first-order chi connectivity index (χ1) is 20.5. The summed E-state index contributed by atoms with van der Waals surface area (Å²) in [7, 11) is 0. The normalized spacial score (nSPS) is 17.7. The van der Waals surface area contributed by atoms with E-state index in [2.05, 4.69) is 69.0 Å². The summed E-state index contributed by atoms with van der Waals surface area (Å²) in [6.07, 6.45) is 5.79. The number of rotatable bonds is 12. The van der Waals surface area contributed by atoms with Gasteiger partial charge in [-0.05, 0) is 87.0 Å². The molecular formula is C35H45ClN4O2. The molecule has 0 bridgehead atoms. The number of carbonyl (C=O) groups excluding carboxylic acids is 1. The van der Waals surface area contributed by atoms with Gasteiger partial charge >= 0.3 is 6.03 Å². The molecule has 0 aliphatic carbocycles. The summed E-state index contributed by atoms with van der Waals surface area (Å²) in [4.78, 5) is 17.8. The largest absolute Gasteiger partial charge is 0.385 e. The van der Waals surface area contributed by atoms with E-state index >= 15 is 0 Å². The smallest absolute Gasteiger partial charge is 0.314 e. The van der Waals surface area contributed by atoms with Gasteiger partial charge in [0.1, 0.15) is 0 Å². The number of urea groups is 1. The van der Waals surface area contributed by atoms with Crippen LogP contribution in [0.4, 0.5) is 4.79 Å². The fourth-order valence-corrected chi connectivity index (χ4v) is 6.82. The zero-order valence-electron chi connectivity index (χ0n) is 24.6. The number of halogens is 1. The van der Waals surface area contributed by atoms with Crippen molar-refractivity contribution in [3.05, 3.63) is 107 Å². The van der Waals surface area contributed by atoms with Crippen LogP contribution in [0.25, 0.3) is 0 Å². The number of benzene rings is 3. The Morgan fingerprint density at radius 2 is 1.36 bits per heavy atom. The van der Waals surface area contributed by atoms with Crippen LogP contribution in [0.5, 0.6) is 0 Å². The summed E-state index contributed by atoms with van der Waals surface area (Å²) in [5, 5.41) is 18.3. The van der Waals surface area contributed by atoms with Gasteiger partial charge in [-0.25, -0.2) is 4.79 Å². The highest BCUT2D eigenvalue weighted by Crippen LogP contribution is 2.38. The Kier molecular flexibility index (Phi) is 10.6. The Balaban J connectivity index is 1.23. The molecule has 2 aliphatic rings. The molecular weight excluding hydrogens is 544 g/mol. The Hall–Kier alpha value is -2.90. The number of likely N-dealkylation sites (tertiary alicyclic amines) is 2. The van der Waals surface area contributed by atoms with Crippen LogP contribution < -0.4 is 10.6 Å². The average molecular weight is 589 g/mol. The molecule has 2 amide bonds. The Bertz CT molecular complexity index is 1200. The minimum atomic E-state index is -0.801. The predicted molar refractivity (Wildman–Crippen MR) is 171 cm³/mol. The van der Waals surface area contributed by atoms with Crippen LogP contribution in [0.1, 0.15) is 55.2 Å². The number of hydrogen-bond acceptors (Lipinski definition) is 4. The van der Waals surface area contributed by atoms with Gasteiger partial charge in [0.25, 0.3) is 0 Å². The highest BCUT2D eigenvalue weighted by atomic mass is 35.5. The minimum absolute atomic E-state index is 0.108. The maximum Gasteiger partial charge on any atom is 0.314 e. The molecule has 0 radical (unpaired) electrons. The van der Waals surface area contributed by atoms with E-state index in [0.717, 1.165) is 57.7 Å². The summed E-state index contributed by atoms with van der Waals surface area (Å²) >= 11 is 6.07. The lowest BCUT2D eigenvalue weighted by Gasteiger charge is -2.40. The van der Waals surface area contributed by atoms with Gasteiger partial charge in [0, 0.05) is 43.2 Å². The first-order valence-electron chi connectivity index (χ1n) is 15.5. The lowest BCUT2D eigenvalue weighted by atomic mass is 9.71. The van der Waals surface area contributed by atoms with Crippen molar-refractivity contribution in [3.63, 3.8) is 0 Å². The van der Waals surface area contributed by atoms with Crippen molar-refractivity contribution in [2.75, 3.05) is 52.4 Å². The standard InChI is InChI=1S/C35H45ClN4O2/c36-32-16-14-31(15-17-32)35(42)19-25-40(26-20-35)24-9-18-34(29-10-3-1-4-11-29,30-12-5-2-6-13-30)28-38-33(41)37-21-27-39-22-7-8-23-39/h1-6,10-17,42H,7-9,18-28H2,(H2,37,38,41). The van der Waals surface area contributed by atoms with Crippen molar-refractivity contribution < 1.29 is 9.90 Å². The molecule has 2 saturated heterocycles. The zero-order chi connectivity index (χ0) is 29.3.